The van der Waals surface area contributed by atoms with Gasteiger partial charge >= 0.3 is 5.97 Å². The Balaban J connectivity index is 1.97. The highest BCUT2D eigenvalue weighted by atomic mass is 16.4. The van der Waals surface area contributed by atoms with Crippen LogP contribution in [0.3, 0.4) is 0 Å². The van der Waals surface area contributed by atoms with Crippen LogP contribution in [0.1, 0.15) is 107 Å². The fourth-order valence-corrected chi connectivity index (χ4v) is 3.23. The predicted octanol–water partition coefficient (Wildman–Crippen LogP) is 6.76. The number of nitrogens with one attached hydrogen (secondary N) is 1. The third-order valence-electron chi connectivity index (χ3n) is 4.96. The van der Waals surface area contributed by atoms with Crippen molar-refractivity contribution in [3.05, 3.63) is 36.0 Å². The number of hydrogen-bond acceptors (Lipinski definition) is 3. The van der Waals surface area contributed by atoms with Crippen molar-refractivity contribution in [1.82, 2.24) is 4.98 Å². The largest absolute Gasteiger partial charge is 0.478 e. The Labute approximate surface area is 176 Å². The van der Waals surface area contributed by atoms with Gasteiger partial charge in [0, 0.05) is 12.6 Å². The predicted molar refractivity (Wildman–Crippen MR) is 119 cm³/mol. The van der Waals surface area contributed by atoms with Gasteiger partial charge in [-0.1, -0.05) is 70.4 Å². The van der Waals surface area contributed by atoms with E-state index < -0.39 is 5.97 Å². The van der Waals surface area contributed by atoms with Gasteiger partial charge in [0.2, 0.25) is 5.91 Å². The zero-order valence-corrected chi connectivity index (χ0v) is 18.0. The Bertz CT molecular complexity index is 614. The molecule has 1 amide bonds. The average molecular weight is 403 g/mol. The molecule has 0 aliphatic heterocycles. The third-order valence-corrected chi connectivity index (χ3v) is 4.96. The summed E-state index contributed by atoms with van der Waals surface area (Å²) in [7, 11) is 0. The monoisotopic (exact) mass is 402 g/mol. The molecule has 0 saturated carbocycles. The van der Waals surface area contributed by atoms with Gasteiger partial charge in [0.15, 0.2) is 0 Å². The van der Waals surface area contributed by atoms with Gasteiger partial charge in [0.05, 0.1) is 0 Å². The van der Waals surface area contributed by atoms with Crippen molar-refractivity contribution in [3.8, 4) is 0 Å². The topological polar surface area (TPSA) is 79.3 Å². The van der Waals surface area contributed by atoms with Crippen LogP contribution in [0.25, 0.3) is 0 Å². The van der Waals surface area contributed by atoms with Crippen LogP contribution < -0.4 is 5.32 Å². The second-order valence-electron chi connectivity index (χ2n) is 7.59. The number of unbranched alkanes of at least 4 members (excludes halogenated alkanes) is 11. The maximum Gasteiger partial charge on any atom is 0.339 e. The summed E-state index contributed by atoms with van der Waals surface area (Å²) >= 11 is 0. The van der Waals surface area contributed by atoms with Gasteiger partial charge in [-0.2, -0.15) is 0 Å². The molecular weight excluding hydrogens is 364 g/mol. The molecule has 2 N–H and O–H groups in total. The smallest absolute Gasteiger partial charge is 0.339 e. The second kappa shape index (κ2) is 16.8. The van der Waals surface area contributed by atoms with E-state index in [2.05, 4.69) is 29.4 Å². The molecule has 0 spiro atoms. The lowest BCUT2D eigenvalue weighted by molar-refractivity contribution is -0.116. The van der Waals surface area contributed by atoms with Crippen molar-refractivity contribution in [2.45, 2.75) is 96.8 Å². The lowest BCUT2D eigenvalue weighted by atomic mass is 10.1. The summed E-state index contributed by atoms with van der Waals surface area (Å²) in [6.07, 6.45) is 22.3. The fourth-order valence-electron chi connectivity index (χ4n) is 3.23. The lowest BCUT2D eigenvalue weighted by Gasteiger charge is -2.07. The molecule has 0 bridgehead atoms. The number of carbonyl (C=O) groups is 2. The lowest BCUT2D eigenvalue weighted by Crippen LogP contribution is -2.15. The van der Waals surface area contributed by atoms with Gasteiger partial charge < -0.3 is 10.4 Å². The number of hydrogen-bond donors (Lipinski definition) is 2. The van der Waals surface area contributed by atoms with E-state index in [0.29, 0.717) is 6.42 Å². The summed E-state index contributed by atoms with van der Waals surface area (Å²) < 4.78 is 0. The number of carboxylic acid groups (broad SMARTS) is 1. The maximum absolute atomic E-state index is 12.0. The molecule has 0 atom stereocenters. The van der Waals surface area contributed by atoms with Gasteiger partial charge in [-0.25, -0.2) is 9.78 Å². The zero-order chi connectivity index (χ0) is 21.2. The number of carboxylic acids is 1. The van der Waals surface area contributed by atoms with Gasteiger partial charge in [0.1, 0.15) is 11.4 Å². The first kappa shape index (κ1) is 24.9. The number of pyridine rings is 1. The Hall–Kier alpha value is -2.17. The van der Waals surface area contributed by atoms with Crippen LogP contribution in [-0.4, -0.2) is 22.0 Å². The standard InChI is InChI=1S/C24H38N2O3/c1-2-3-4-5-6-7-8-9-10-11-12-13-14-15-16-19-22(27)26-23-21(24(28)29)18-17-20-25-23/h9-10,17-18,20H,2-8,11-16,19H2,1H3,(H,28,29)(H,25,26,27)/b10-9-. The van der Waals surface area contributed by atoms with E-state index in [9.17, 15) is 9.59 Å². The zero-order valence-electron chi connectivity index (χ0n) is 18.0. The van der Waals surface area contributed by atoms with Crippen LogP contribution in [0.5, 0.6) is 0 Å². The van der Waals surface area contributed by atoms with E-state index in [1.165, 1.54) is 70.1 Å². The van der Waals surface area contributed by atoms with E-state index in [4.69, 9.17) is 5.11 Å². The second-order valence-corrected chi connectivity index (χ2v) is 7.59. The van der Waals surface area contributed by atoms with E-state index >= 15 is 0 Å². The van der Waals surface area contributed by atoms with Crippen molar-refractivity contribution in [2.24, 2.45) is 0 Å². The number of nitrogens with zero attached hydrogens (tertiary/aromatic N) is 1. The minimum Gasteiger partial charge on any atom is -0.478 e. The third kappa shape index (κ3) is 12.8. The number of rotatable bonds is 17. The number of allylic oxidation sites excluding steroid dienone is 2. The molecule has 0 aliphatic rings. The van der Waals surface area contributed by atoms with E-state index in [-0.39, 0.29) is 17.3 Å². The van der Waals surface area contributed by atoms with Crippen molar-refractivity contribution in [2.75, 3.05) is 5.32 Å². The number of carbonyl (C=O) groups excluding carboxylic acids is 1. The van der Waals surface area contributed by atoms with Crippen LogP contribution in [0, 0.1) is 0 Å². The van der Waals surface area contributed by atoms with Crippen LogP contribution >= 0.6 is 0 Å². The Morgan fingerprint density at radius 3 is 2.14 bits per heavy atom. The van der Waals surface area contributed by atoms with Crippen molar-refractivity contribution in [1.29, 1.82) is 0 Å². The highest BCUT2D eigenvalue weighted by molar-refractivity contribution is 5.99. The Kier molecular flexibility index (Phi) is 14.4. The number of aromatic carboxylic acids is 1. The first-order chi connectivity index (χ1) is 14.1. The van der Waals surface area contributed by atoms with Crippen LogP contribution in [-0.2, 0) is 4.79 Å². The molecule has 162 valence electrons. The Morgan fingerprint density at radius 1 is 0.931 bits per heavy atom. The normalized spacial score (nSPS) is 11.1. The highest BCUT2D eigenvalue weighted by Crippen LogP contribution is 2.13. The van der Waals surface area contributed by atoms with Gasteiger partial charge in [0.25, 0.3) is 0 Å². The van der Waals surface area contributed by atoms with Gasteiger partial charge in [-0.15, -0.1) is 0 Å². The number of aromatic nitrogens is 1. The molecule has 0 aliphatic carbocycles. The molecule has 29 heavy (non-hydrogen) atoms. The molecule has 1 heterocycles. The quantitative estimate of drug-likeness (QED) is 0.223. The Morgan fingerprint density at radius 2 is 1.52 bits per heavy atom. The molecule has 1 aromatic rings. The van der Waals surface area contributed by atoms with Crippen molar-refractivity contribution in [3.63, 3.8) is 0 Å². The van der Waals surface area contributed by atoms with Gasteiger partial charge in [-0.05, 0) is 44.2 Å². The molecule has 5 heteroatoms. The fraction of sp³-hybridized carbons (Fsp3) is 0.625. The first-order valence-corrected chi connectivity index (χ1v) is 11.3. The SMILES string of the molecule is CCCCCCCC/C=C\CCCCCCCC(=O)Nc1ncccc1C(=O)O. The summed E-state index contributed by atoms with van der Waals surface area (Å²) in [4.78, 5) is 27.0. The summed E-state index contributed by atoms with van der Waals surface area (Å²) in [5, 5.41) is 11.7. The molecular formula is C24H38N2O3. The molecule has 0 fully saturated rings. The molecule has 5 nitrogen and oxygen atoms in total. The van der Waals surface area contributed by atoms with E-state index in [1.807, 2.05) is 0 Å². The minimum atomic E-state index is -1.09. The molecule has 1 aromatic heterocycles. The molecule has 0 radical (unpaired) electrons. The molecule has 0 saturated heterocycles. The highest BCUT2D eigenvalue weighted by Gasteiger charge is 2.12. The number of anilines is 1. The maximum atomic E-state index is 12.0. The average Bonchev–Trinajstić information content (AvgIpc) is 2.71. The van der Waals surface area contributed by atoms with E-state index in [1.54, 1.807) is 6.07 Å². The van der Waals surface area contributed by atoms with Crippen LogP contribution in [0.2, 0.25) is 0 Å². The van der Waals surface area contributed by atoms with Crippen molar-refractivity contribution >= 4 is 17.7 Å². The van der Waals surface area contributed by atoms with Crippen LogP contribution in [0.15, 0.2) is 30.5 Å². The summed E-state index contributed by atoms with van der Waals surface area (Å²) in [6, 6.07) is 2.98. The first-order valence-electron chi connectivity index (χ1n) is 11.3. The summed E-state index contributed by atoms with van der Waals surface area (Å²) in [5.74, 6) is -1.14. The number of amides is 1. The van der Waals surface area contributed by atoms with Crippen LogP contribution in [0.4, 0.5) is 5.82 Å². The summed E-state index contributed by atoms with van der Waals surface area (Å²) in [6.45, 7) is 2.25. The molecule has 1 rings (SSSR count). The van der Waals surface area contributed by atoms with Gasteiger partial charge in [-0.3, -0.25) is 4.79 Å². The molecule has 0 unspecified atom stereocenters. The molecule has 0 aromatic carbocycles. The van der Waals surface area contributed by atoms with Crippen molar-refractivity contribution < 1.29 is 14.7 Å². The summed E-state index contributed by atoms with van der Waals surface area (Å²) in [5.41, 5.74) is 0.0189. The minimum absolute atomic E-state index is 0.0189. The van der Waals surface area contributed by atoms with E-state index in [0.717, 1.165) is 25.7 Å².